The standard InChI is InChI=1S/C12H18ClN3OS/c1-16(5-6-18-2)8-12(17)15-11-4-3-9(13)7-10(11)14/h3-4,7H,5-6,8,14H2,1-2H3,(H,15,17). The third-order valence-electron chi connectivity index (χ3n) is 2.38. The first kappa shape index (κ1) is 15.1. The number of amides is 1. The number of carbonyl (C=O) groups excluding carboxylic acids is 1. The number of carbonyl (C=O) groups is 1. The predicted octanol–water partition coefficient (Wildman–Crippen LogP) is 2.16. The number of nitrogen functional groups attached to an aromatic ring is 1. The molecular formula is C12H18ClN3OS. The van der Waals surface area contributed by atoms with Gasteiger partial charge in [0.2, 0.25) is 5.91 Å². The van der Waals surface area contributed by atoms with E-state index in [1.807, 2.05) is 18.2 Å². The van der Waals surface area contributed by atoms with Gasteiger partial charge in [0.05, 0.1) is 17.9 Å². The van der Waals surface area contributed by atoms with Crippen molar-refractivity contribution in [2.75, 3.05) is 43.2 Å². The molecule has 100 valence electrons. The molecule has 0 unspecified atom stereocenters. The fraction of sp³-hybridized carbons (Fsp3) is 0.417. The lowest BCUT2D eigenvalue weighted by molar-refractivity contribution is -0.117. The summed E-state index contributed by atoms with van der Waals surface area (Å²) in [4.78, 5) is 13.7. The van der Waals surface area contributed by atoms with Gasteiger partial charge in [-0.1, -0.05) is 11.6 Å². The molecule has 0 aliphatic heterocycles. The number of nitrogens with zero attached hydrogens (tertiary/aromatic N) is 1. The van der Waals surface area contributed by atoms with E-state index in [0.29, 0.717) is 22.9 Å². The van der Waals surface area contributed by atoms with Crippen LogP contribution >= 0.6 is 23.4 Å². The molecule has 0 bridgehead atoms. The number of benzene rings is 1. The van der Waals surface area contributed by atoms with Crippen molar-refractivity contribution in [2.45, 2.75) is 0 Å². The van der Waals surface area contributed by atoms with Crippen LogP contribution < -0.4 is 11.1 Å². The number of halogens is 1. The van der Waals surface area contributed by atoms with Crippen LogP contribution in [0, 0.1) is 0 Å². The van der Waals surface area contributed by atoms with Gasteiger partial charge in [0.1, 0.15) is 0 Å². The van der Waals surface area contributed by atoms with Crippen LogP contribution in [0.5, 0.6) is 0 Å². The lowest BCUT2D eigenvalue weighted by Gasteiger charge is -2.16. The second kappa shape index (κ2) is 7.51. The SMILES string of the molecule is CSCCN(C)CC(=O)Nc1ccc(Cl)cc1N. The van der Waals surface area contributed by atoms with Gasteiger partial charge in [-0.25, -0.2) is 0 Å². The molecule has 0 radical (unpaired) electrons. The first-order chi connectivity index (χ1) is 8.52. The van der Waals surface area contributed by atoms with E-state index in [2.05, 4.69) is 5.32 Å². The van der Waals surface area contributed by atoms with Crippen molar-refractivity contribution in [3.05, 3.63) is 23.2 Å². The van der Waals surface area contributed by atoms with E-state index >= 15 is 0 Å². The summed E-state index contributed by atoms with van der Waals surface area (Å²) in [7, 11) is 1.92. The summed E-state index contributed by atoms with van der Waals surface area (Å²) < 4.78 is 0. The molecule has 1 aromatic carbocycles. The highest BCUT2D eigenvalue weighted by molar-refractivity contribution is 7.98. The van der Waals surface area contributed by atoms with E-state index in [4.69, 9.17) is 17.3 Å². The van der Waals surface area contributed by atoms with Crippen LogP contribution in [0.1, 0.15) is 0 Å². The Balaban J connectivity index is 2.49. The third kappa shape index (κ3) is 5.16. The zero-order valence-electron chi connectivity index (χ0n) is 10.6. The highest BCUT2D eigenvalue weighted by Crippen LogP contribution is 2.22. The first-order valence-corrected chi connectivity index (χ1v) is 7.32. The molecule has 0 heterocycles. The summed E-state index contributed by atoms with van der Waals surface area (Å²) in [5, 5.41) is 3.33. The Morgan fingerprint density at radius 2 is 2.28 bits per heavy atom. The Morgan fingerprint density at radius 3 is 2.89 bits per heavy atom. The summed E-state index contributed by atoms with van der Waals surface area (Å²) in [6, 6.07) is 5.02. The fourth-order valence-corrected chi connectivity index (χ4v) is 2.08. The van der Waals surface area contributed by atoms with Crippen molar-refractivity contribution in [3.8, 4) is 0 Å². The van der Waals surface area contributed by atoms with Crippen molar-refractivity contribution in [3.63, 3.8) is 0 Å². The van der Waals surface area contributed by atoms with Crippen LogP contribution in [0.2, 0.25) is 5.02 Å². The maximum atomic E-state index is 11.8. The minimum Gasteiger partial charge on any atom is -0.397 e. The summed E-state index contributed by atoms with van der Waals surface area (Å²) >= 11 is 7.55. The summed E-state index contributed by atoms with van der Waals surface area (Å²) in [5.74, 6) is 0.931. The summed E-state index contributed by atoms with van der Waals surface area (Å²) in [5.41, 5.74) is 6.84. The predicted molar refractivity (Wildman–Crippen MR) is 80.4 cm³/mol. The molecule has 0 atom stereocenters. The van der Waals surface area contributed by atoms with Crippen LogP contribution in [-0.2, 0) is 4.79 Å². The summed E-state index contributed by atoms with van der Waals surface area (Å²) in [6.45, 7) is 1.23. The lowest BCUT2D eigenvalue weighted by Crippen LogP contribution is -2.31. The van der Waals surface area contributed by atoms with Gasteiger partial charge in [-0.2, -0.15) is 11.8 Å². The maximum Gasteiger partial charge on any atom is 0.238 e. The van der Waals surface area contributed by atoms with Crippen molar-refractivity contribution in [1.29, 1.82) is 0 Å². The molecule has 3 N–H and O–H groups in total. The molecule has 0 spiro atoms. The molecule has 1 rings (SSSR count). The number of rotatable bonds is 6. The zero-order valence-corrected chi connectivity index (χ0v) is 12.1. The number of thioether (sulfide) groups is 1. The summed E-state index contributed by atoms with van der Waals surface area (Å²) in [6.07, 6.45) is 2.04. The van der Waals surface area contributed by atoms with Crippen LogP contribution in [-0.4, -0.2) is 43.0 Å². The third-order valence-corrected chi connectivity index (χ3v) is 3.20. The van der Waals surface area contributed by atoms with Gasteiger partial charge in [0.15, 0.2) is 0 Å². The number of anilines is 2. The van der Waals surface area contributed by atoms with Gasteiger partial charge >= 0.3 is 0 Å². The number of hydrogen-bond acceptors (Lipinski definition) is 4. The van der Waals surface area contributed by atoms with Crippen molar-refractivity contribution in [2.24, 2.45) is 0 Å². The number of nitrogens with two attached hydrogens (primary N) is 1. The normalized spacial score (nSPS) is 10.7. The van der Waals surface area contributed by atoms with Crippen LogP contribution in [0.4, 0.5) is 11.4 Å². The second-order valence-electron chi connectivity index (χ2n) is 4.01. The smallest absolute Gasteiger partial charge is 0.238 e. The molecule has 0 aliphatic rings. The Hall–Kier alpha value is -0.910. The van der Waals surface area contributed by atoms with Crippen LogP contribution in [0.15, 0.2) is 18.2 Å². The molecule has 6 heteroatoms. The van der Waals surface area contributed by atoms with E-state index in [-0.39, 0.29) is 5.91 Å². The van der Waals surface area contributed by atoms with Gasteiger partial charge in [0.25, 0.3) is 0 Å². The Bertz CT molecular complexity index is 414. The Labute approximate surface area is 117 Å². The topological polar surface area (TPSA) is 58.4 Å². The Morgan fingerprint density at radius 1 is 1.56 bits per heavy atom. The molecule has 18 heavy (non-hydrogen) atoms. The van der Waals surface area contributed by atoms with E-state index < -0.39 is 0 Å². The van der Waals surface area contributed by atoms with Crippen molar-refractivity contribution >= 4 is 40.6 Å². The monoisotopic (exact) mass is 287 g/mol. The average molecular weight is 288 g/mol. The van der Waals surface area contributed by atoms with Gasteiger partial charge in [0, 0.05) is 17.3 Å². The minimum absolute atomic E-state index is 0.0763. The van der Waals surface area contributed by atoms with E-state index in [0.717, 1.165) is 12.3 Å². The van der Waals surface area contributed by atoms with E-state index in [9.17, 15) is 4.79 Å². The first-order valence-electron chi connectivity index (χ1n) is 5.55. The quantitative estimate of drug-likeness (QED) is 0.787. The highest BCUT2D eigenvalue weighted by Gasteiger charge is 2.08. The van der Waals surface area contributed by atoms with Crippen LogP contribution in [0.3, 0.4) is 0 Å². The lowest BCUT2D eigenvalue weighted by atomic mass is 10.2. The van der Waals surface area contributed by atoms with Crippen LogP contribution in [0.25, 0.3) is 0 Å². The molecule has 4 nitrogen and oxygen atoms in total. The van der Waals surface area contributed by atoms with Gasteiger partial charge in [-0.3, -0.25) is 9.69 Å². The number of nitrogens with one attached hydrogen (secondary N) is 1. The van der Waals surface area contributed by atoms with E-state index in [1.54, 1.807) is 30.0 Å². The molecule has 0 saturated carbocycles. The van der Waals surface area contributed by atoms with Gasteiger partial charge < -0.3 is 11.1 Å². The fourth-order valence-electron chi connectivity index (χ4n) is 1.41. The van der Waals surface area contributed by atoms with Gasteiger partial charge in [-0.15, -0.1) is 0 Å². The minimum atomic E-state index is -0.0763. The second-order valence-corrected chi connectivity index (χ2v) is 5.43. The molecule has 1 aromatic rings. The molecule has 0 fully saturated rings. The van der Waals surface area contributed by atoms with Crippen molar-refractivity contribution in [1.82, 2.24) is 4.90 Å². The zero-order chi connectivity index (χ0) is 13.5. The highest BCUT2D eigenvalue weighted by atomic mass is 35.5. The largest absolute Gasteiger partial charge is 0.397 e. The Kier molecular flexibility index (Phi) is 6.32. The number of hydrogen-bond donors (Lipinski definition) is 2. The average Bonchev–Trinajstić information content (AvgIpc) is 2.30. The molecule has 0 aromatic heterocycles. The molecule has 0 aliphatic carbocycles. The van der Waals surface area contributed by atoms with Crippen molar-refractivity contribution < 1.29 is 4.79 Å². The molecule has 1 amide bonds. The molecule has 0 saturated heterocycles. The van der Waals surface area contributed by atoms with Gasteiger partial charge in [-0.05, 0) is 31.5 Å². The maximum absolute atomic E-state index is 11.8. The van der Waals surface area contributed by atoms with E-state index in [1.165, 1.54) is 0 Å². The molecular weight excluding hydrogens is 270 g/mol. The number of likely N-dealkylation sites (N-methyl/N-ethyl adjacent to an activating group) is 1.